The molecule has 2 aromatic carbocycles. The van der Waals surface area contributed by atoms with Crippen molar-refractivity contribution < 1.29 is 28.4 Å². The van der Waals surface area contributed by atoms with E-state index in [4.69, 9.17) is 9.05 Å². The van der Waals surface area contributed by atoms with Crippen molar-refractivity contribution in [3.05, 3.63) is 64.7 Å². The predicted molar refractivity (Wildman–Crippen MR) is 113 cm³/mol. The van der Waals surface area contributed by atoms with Gasteiger partial charge in [0.15, 0.2) is 0 Å². The van der Waals surface area contributed by atoms with E-state index in [-0.39, 0.29) is 23.2 Å². The van der Waals surface area contributed by atoms with Crippen LogP contribution in [0.25, 0.3) is 0 Å². The highest BCUT2D eigenvalue weighted by Crippen LogP contribution is 2.55. The van der Waals surface area contributed by atoms with Crippen molar-refractivity contribution in [3.63, 3.8) is 0 Å². The number of nitro groups is 1. The first-order chi connectivity index (χ1) is 14.7. The summed E-state index contributed by atoms with van der Waals surface area (Å²) in [6.45, 7) is 2.63. The van der Waals surface area contributed by atoms with Gasteiger partial charge in [-0.2, -0.15) is 4.67 Å². The second-order valence-electron chi connectivity index (χ2n) is 7.31. The van der Waals surface area contributed by atoms with Gasteiger partial charge in [-0.05, 0) is 51.2 Å². The van der Waals surface area contributed by atoms with Crippen LogP contribution in [-0.2, 0) is 9.36 Å². The molecule has 31 heavy (non-hydrogen) atoms. The number of non-ortho nitro benzene ring substituents is 1. The Labute approximate surface area is 179 Å². The highest BCUT2D eigenvalue weighted by atomic mass is 31.2. The van der Waals surface area contributed by atoms with Gasteiger partial charge in [-0.1, -0.05) is 18.2 Å². The maximum atomic E-state index is 14.2. The molecule has 1 saturated heterocycles. The molecule has 166 valence electrons. The van der Waals surface area contributed by atoms with Crippen LogP contribution in [0.15, 0.2) is 54.6 Å². The van der Waals surface area contributed by atoms with Crippen LogP contribution in [0.3, 0.4) is 0 Å². The fourth-order valence-corrected chi connectivity index (χ4v) is 5.57. The van der Waals surface area contributed by atoms with Gasteiger partial charge in [-0.3, -0.25) is 14.9 Å². The van der Waals surface area contributed by atoms with Crippen molar-refractivity contribution in [2.45, 2.75) is 25.4 Å². The lowest BCUT2D eigenvalue weighted by Gasteiger charge is -2.36. The van der Waals surface area contributed by atoms with Crippen molar-refractivity contribution in [2.24, 2.45) is 0 Å². The summed E-state index contributed by atoms with van der Waals surface area (Å²) in [7, 11) is -2.35. The smallest absolute Gasteiger partial charge is 0.480 e. The molecular formula is C20H24N3O7P. The largest absolute Gasteiger partial charge is 0.516 e. The molecule has 1 aliphatic heterocycles. The summed E-state index contributed by atoms with van der Waals surface area (Å²) < 4.78 is 27.0. The first kappa shape index (κ1) is 22.7. The topological polar surface area (TPSA) is 122 Å². The van der Waals surface area contributed by atoms with Crippen LogP contribution in [0.4, 0.5) is 5.69 Å². The van der Waals surface area contributed by atoms with Gasteiger partial charge in [0.2, 0.25) is 0 Å². The maximum absolute atomic E-state index is 14.2. The van der Waals surface area contributed by atoms with Crippen molar-refractivity contribution in [1.82, 2.24) is 9.57 Å². The SMILES string of the molecule is C[C@@H](C(=O)O)N(C1CCN(C)C1)P(=O)(Oc1ccccc1)Oc1ccc([N+](=O)[O-])cc1. The summed E-state index contributed by atoms with van der Waals surface area (Å²) in [5.41, 5.74) is -0.153. The molecule has 0 spiro atoms. The minimum Gasteiger partial charge on any atom is -0.480 e. The number of likely N-dealkylation sites (tertiary alicyclic amines) is 1. The van der Waals surface area contributed by atoms with Gasteiger partial charge in [0.05, 0.1) is 4.92 Å². The summed E-state index contributed by atoms with van der Waals surface area (Å²) >= 11 is 0. The van der Waals surface area contributed by atoms with Crippen LogP contribution in [-0.4, -0.2) is 57.8 Å². The van der Waals surface area contributed by atoms with Crippen LogP contribution in [0.1, 0.15) is 13.3 Å². The lowest BCUT2D eigenvalue weighted by molar-refractivity contribution is -0.384. The van der Waals surface area contributed by atoms with Crippen molar-refractivity contribution in [1.29, 1.82) is 0 Å². The molecule has 11 heteroatoms. The van der Waals surface area contributed by atoms with Crippen LogP contribution in [0, 0.1) is 10.1 Å². The predicted octanol–water partition coefficient (Wildman–Crippen LogP) is 3.64. The molecule has 3 atom stereocenters. The molecule has 1 heterocycles. The van der Waals surface area contributed by atoms with Crippen LogP contribution in [0.5, 0.6) is 11.5 Å². The fraction of sp³-hybridized carbons (Fsp3) is 0.350. The van der Waals surface area contributed by atoms with Gasteiger partial charge >= 0.3 is 13.7 Å². The molecule has 0 aliphatic carbocycles. The van der Waals surface area contributed by atoms with E-state index < -0.39 is 24.7 Å². The highest BCUT2D eigenvalue weighted by Gasteiger charge is 2.48. The van der Waals surface area contributed by atoms with Crippen molar-refractivity contribution >= 4 is 19.4 Å². The molecule has 0 saturated carbocycles. The van der Waals surface area contributed by atoms with Gasteiger partial charge in [-0.15, -0.1) is 0 Å². The Kier molecular flexibility index (Phi) is 6.94. The Hall–Kier alpha value is -2.94. The van der Waals surface area contributed by atoms with Gasteiger partial charge in [0.25, 0.3) is 5.69 Å². The zero-order chi connectivity index (χ0) is 22.6. The summed E-state index contributed by atoms with van der Waals surface area (Å²) in [5, 5.41) is 20.6. The Morgan fingerprint density at radius 3 is 2.26 bits per heavy atom. The van der Waals surface area contributed by atoms with E-state index in [0.717, 1.165) is 0 Å². The molecule has 2 aromatic rings. The molecule has 1 fully saturated rings. The minimum absolute atomic E-state index is 0.0683. The lowest BCUT2D eigenvalue weighted by atomic mass is 10.2. The fourth-order valence-electron chi connectivity index (χ4n) is 3.46. The van der Waals surface area contributed by atoms with E-state index in [1.807, 2.05) is 11.9 Å². The summed E-state index contributed by atoms with van der Waals surface area (Å²) in [5.74, 6) is -0.848. The summed E-state index contributed by atoms with van der Waals surface area (Å²) in [6, 6.07) is 11.8. The minimum atomic E-state index is -4.24. The van der Waals surface area contributed by atoms with E-state index in [2.05, 4.69) is 0 Å². The number of nitrogens with zero attached hydrogens (tertiary/aromatic N) is 3. The average molecular weight is 449 g/mol. The maximum Gasteiger partial charge on any atom is 0.516 e. The monoisotopic (exact) mass is 449 g/mol. The highest BCUT2D eigenvalue weighted by molar-refractivity contribution is 7.52. The number of nitro benzene ring substituents is 1. The first-order valence-electron chi connectivity index (χ1n) is 9.68. The number of likely N-dealkylation sites (N-methyl/N-ethyl adjacent to an activating group) is 1. The molecular weight excluding hydrogens is 425 g/mol. The Balaban J connectivity index is 2.02. The number of hydrogen-bond donors (Lipinski definition) is 1. The second kappa shape index (κ2) is 9.47. The number of carboxylic acids is 1. The molecule has 2 unspecified atom stereocenters. The first-order valence-corrected chi connectivity index (χ1v) is 11.2. The molecule has 0 bridgehead atoms. The summed E-state index contributed by atoms with van der Waals surface area (Å²) in [6.07, 6.45) is 0.583. The van der Waals surface area contributed by atoms with Crippen molar-refractivity contribution in [3.8, 4) is 11.5 Å². The Bertz CT molecular complexity index is 970. The molecule has 0 radical (unpaired) electrons. The molecule has 0 aromatic heterocycles. The van der Waals surface area contributed by atoms with Gasteiger partial charge in [-0.25, -0.2) is 4.57 Å². The Morgan fingerprint density at radius 1 is 1.19 bits per heavy atom. The number of hydrogen-bond acceptors (Lipinski definition) is 7. The number of carbonyl (C=O) groups is 1. The van der Waals surface area contributed by atoms with E-state index in [1.165, 1.54) is 35.9 Å². The Morgan fingerprint density at radius 2 is 1.77 bits per heavy atom. The molecule has 1 aliphatic rings. The van der Waals surface area contributed by atoms with Crippen molar-refractivity contribution in [2.75, 3.05) is 20.1 Å². The third-order valence-corrected chi connectivity index (χ3v) is 7.13. The molecule has 3 rings (SSSR count). The number of rotatable bonds is 9. The molecule has 10 nitrogen and oxygen atoms in total. The zero-order valence-electron chi connectivity index (χ0n) is 17.2. The number of benzene rings is 2. The van der Waals surface area contributed by atoms with Crippen LogP contribution >= 0.6 is 7.75 Å². The summed E-state index contributed by atoms with van der Waals surface area (Å²) in [4.78, 5) is 24.3. The third-order valence-electron chi connectivity index (χ3n) is 5.01. The van der Waals surface area contributed by atoms with Crippen LogP contribution < -0.4 is 9.05 Å². The normalized spacial score (nSPS) is 19.5. The zero-order valence-corrected chi connectivity index (χ0v) is 18.1. The van der Waals surface area contributed by atoms with Crippen LogP contribution in [0.2, 0.25) is 0 Å². The standard InChI is InChI=1S/C20H24N3O7P/c1-15(20(24)25)22(17-12-13-21(2)14-17)31(28,29-18-6-4-3-5-7-18)30-19-10-8-16(9-11-19)23(26)27/h3-11,15,17H,12-14H2,1-2H3,(H,24,25)/t15-,17?,31?/m0/s1. The van der Waals surface area contributed by atoms with Gasteiger partial charge in [0.1, 0.15) is 17.5 Å². The number of carboxylic acid groups (broad SMARTS) is 1. The lowest BCUT2D eigenvalue weighted by Crippen LogP contribution is -2.46. The number of para-hydroxylation sites is 1. The average Bonchev–Trinajstić information content (AvgIpc) is 3.14. The molecule has 0 amide bonds. The quantitative estimate of drug-likeness (QED) is 0.347. The number of aliphatic carboxylic acids is 1. The van der Waals surface area contributed by atoms with Gasteiger partial charge < -0.3 is 19.1 Å². The van der Waals surface area contributed by atoms with E-state index in [1.54, 1.807) is 30.3 Å². The molecule has 1 N–H and O–H groups in total. The third kappa shape index (κ3) is 5.41. The van der Waals surface area contributed by atoms with E-state index >= 15 is 0 Å². The van der Waals surface area contributed by atoms with E-state index in [0.29, 0.717) is 19.5 Å². The second-order valence-corrected chi connectivity index (χ2v) is 9.08. The van der Waals surface area contributed by atoms with E-state index in [9.17, 15) is 24.6 Å². The van der Waals surface area contributed by atoms with Gasteiger partial charge in [0, 0.05) is 24.7 Å².